The first-order valence-electron chi connectivity index (χ1n) is 8.52. The quantitative estimate of drug-likeness (QED) is 0.754. The molecule has 1 aliphatic heterocycles. The number of ether oxygens (including phenoxy) is 1. The van der Waals surface area contributed by atoms with Crippen molar-refractivity contribution < 1.29 is 14.3 Å². The number of hydrogen-bond acceptors (Lipinski definition) is 4. The van der Waals surface area contributed by atoms with E-state index in [0.717, 1.165) is 12.1 Å². The number of rotatable bonds is 6. The number of aryl methyl sites for hydroxylation is 2. The summed E-state index contributed by atoms with van der Waals surface area (Å²) in [5.41, 5.74) is 2.43. The zero-order valence-electron chi connectivity index (χ0n) is 14.6. The topological polar surface area (TPSA) is 64.4 Å². The molecule has 1 fully saturated rings. The molecule has 1 aromatic carbocycles. The van der Waals surface area contributed by atoms with Gasteiger partial charge in [0.25, 0.3) is 0 Å². The third-order valence-corrected chi connectivity index (χ3v) is 4.58. The van der Waals surface area contributed by atoms with Crippen molar-refractivity contribution in [3.8, 4) is 0 Å². The second-order valence-electron chi connectivity index (χ2n) is 6.54. The second kappa shape index (κ2) is 7.51. The predicted octanol–water partition coefficient (Wildman–Crippen LogP) is 1.98. The summed E-state index contributed by atoms with van der Waals surface area (Å²) < 4.78 is 6.99. The Balaban J connectivity index is 1.46. The minimum Gasteiger partial charge on any atom is -0.461 e. The molecule has 1 aliphatic rings. The van der Waals surface area contributed by atoms with Gasteiger partial charge in [0.2, 0.25) is 5.91 Å². The molecule has 0 saturated carbocycles. The van der Waals surface area contributed by atoms with E-state index >= 15 is 0 Å². The minimum absolute atomic E-state index is 0.0528. The van der Waals surface area contributed by atoms with E-state index in [1.165, 1.54) is 5.56 Å². The van der Waals surface area contributed by atoms with Gasteiger partial charge in [-0.2, -0.15) is 5.10 Å². The fraction of sp³-hybridized carbons (Fsp3) is 0.421. The summed E-state index contributed by atoms with van der Waals surface area (Å²) in [7, 11) is 1.78. The van der Waals surface area contributed by atoms with Crippen molar-refractivity contribution in [1.29, 1.82) is 0 Å². The minimum atomic E-state index is -0.432. The largest absolute Gasteiger partial charge is 0.461 e. The van der Waals surface area contributed by atoms with Crippen LogP contribution in [0, 0.1) is 12.8 Å². The number of nitrogens with zero attached hydrogens (tertiary/aromatic N) is 3. The number of carbonyl (C=O) groups excluding carboxylic acids is 2. The van der Waals surface area contributed by atoms with Crippen LogP contribution in [0.5, 0.6) is 0 Å². The van der Waals surface area contributed by atoms with Crippen molar-refractivity contribution in [2.45, 2.75) is 19.8 Å². The molecule has 1 saturated heterocycles. The van der Waals surface area contributed by atoms with Crippen LogP contribution in [0.25, 0.3) is 0 Å². The molecule has 1 amide bonds. The van der Waals surface area contributed by atoms with Crippen molar-refractivity contribution in [2.75, 3.05) is 19.7 Å². The Morgan fingerprint density at radius 2 is 2.08 bits per heavy atom. The first-order chi connectivity index (χ1) is 12.0. The number of amides is 1. The molecule has 0 aliphatic carbocycles. The molecule has 2 aromatic rings. The fourth-order valence-corrected chi connectivity index (χ4v) is 3.02. The van der Waals surface area contributed by atoms with Crippen molar-refractivity contribution in [3.05, 3.63) is 53.3 Å². The van der Waals surface area contributed by atoms with E-state index in [0.29, 0.717) is 25.2 Å². The van der Waals surface area contributed by atoms with E-state index in [-0.39, 0.29) is 18.4 Å². The molecule has 1 aromatic heterocycles. The van der Waals surface area contributed by atoms with Gasteiger partial charge in [-0.15, -0.1) is 0 Å². The van der Waals surface area contributed by atoms with E-state index in [4.69, 9.17) is 4.74 Å². The molecule has 0 bridgehead atoms. The Bertz CT molecular complexity index is 735. The number of aromatic nitrogens is 2. The number of hydrogen-bond donors (Lipinski definition) is 0. The number of carbonyl (C=O) groups is 2. The Labute approximate surface area is 147 Å². The van der Waals surface area contributed by atoms with E-state index in [1.54, 1.807) is 17.8 Å². The Hall–Kier alpha value is -2.63. The standard InChI is InChI=1S/C19H23N3O3/c1-14-10-17(20-21(14)2)19(24)25-13-16-11-18(23)22(12-16)9-8-15-6-4-3-5-7-15/h3-7,10,16H,8-9,11-13H2,1-2H3/t16-/m1/s1. The van der Waals surface area contributed by atoms with E-state index in [1.807, 2.05) is 30.0 Å². The molecular formula is C19H23N3O3. The molecule has 132 valence electrons. The molecule has 0 unspecified atom stereocenters. The molecule has 0 spiro atoms. The van der Waals surface area contributed by atoms with Gasteiger partial charge >= 0.3 is 5.97 Å². The predicted molar refractivity (Wildman–Crippen MR) is 93.1 cm³/mol. The van der Waals surface area contributed by atoms with Gasteiger partial charge in [-0.05, 0) is 25.0 Å². The highest BCUT2D eigenvalue weighted by atomic mass is 16.5. The summed E-state index contributed by atoms with van der Waals surface area (Å²) in [6, 6.07) is 11.8. The highest BCUT2D eigenvalue weighted by Gasteiger charge is 2.30. The van der Waals surface area contributed by atoms with Crippen LogP contribution in [0.2, 0.25) is 0 Å². The lowest BCUT2D eigenvalue weighted by Gasteiger charge is -2.16. The summed E-state index contributed by atoms with van der Waals surface area (Å²) >= 11 is 0. The molecule has 3 rings (SSSR count). The van der Waals surface area contributed by atoms with Gasteiger partial charge in [-0.3, -0.25) is 9.48 Å². The maximum Gasteiger partial charge on any atom is 0.358 e. The van der Waals surface area contributed by atoms with Crippen molar-refractivity contribution >= 4 is 11.9 Å². The normalized spacial score (nSPS) is 17.1. The van der Waals surface area contributed by atoms with Crippen molar-refractivity contribution in [1.82, 2.24) is 14.7 Å². The highest BCUT2D eigenvalue weighted by molar-refractivity contribution is 5.87. The van der Waals surface area contributed by atoms with Gasteiger partial charge in [0, 0.05) is 38.2 Å². The van der Waals surface area contributed by atoms with Crippen LogP contribution < -0.4 is 0 Å². The van der Waals surface area contributed by atoms with Crippen LogP contribution in [0.15, 0.2) is 36.4 Å². The lowest BCUT2D eigenvalue weighted by molar-refractivity contribution is -0.127. The van der Waals surface area contributed by atoms with E-state index < -0.39 is 5.97 Å². The third kappa shape index (κ3) is 4.26. The lowest BCUT2D eigenvalue weighted by Crippen LogP contribution is -2.28. The smallest absolute Gasteiger partial charge is 0.358 e. The van der Waals surface area contributed by atoms with Crippen molar-refractivity contribution in [2.24, 2.45) is 13.0 Å². The summed E-state index contributed by atoms with van der Waals surface area (Å²) in [5, 5.41) is 4.11. The van der Waals surface area contributed by atoms with Crippen LogP contribution >= 0.6 is 0 Å². The Kier molecular flexibility index (Phi) is 5.16. The van der Waals surface area contributed by atoms with E-state index in [9.17, 15) is 9.59 Å². The number of esters is 1. The van der Waals surface area contributed by atoms with Crippen molar-refractivity contribution in [3.63, 3.8) is 0 Å². The number of benzene rings is 1. The molecular weight excluding hydrogens is 318 g/mol. The molecule has 1 atom stereocenters. The molecule has 0 N–H and O–H groups in total. The second-order valence-corrected chi connectivity index (χ2v) is 6.54. The summed E-state index contributed by atoms with van der Waals surface area (Å²) in [4.78, 5) is 26.0. The monoisotopic (exact) mass is 341 g/mol. The van der Waals surface area contributed by atoms with Crippen LogP contribution in [0.4, 0.5) is 0 Å². The summed E-state index contributed by atoms with van der Waals surface area (Å²) in [5.74, 6) is -0.249. The molecule has 25 heavy (non-hydrogen) atoms. The van der Waals surface area contributed by atoms with Gasteiger partial charge in [-0.1, -0.05) is 30.3 Å². The third-order valence-electron chi connectivity index (χ3n) is 4.58. The van der Waals surface area contributed by atoms with Gasteiger partial charge in [0.15, 0.2) is 5.69 Å². The maximum absolute atomic E-state index is 12.1. The summed E-state index contributed by atoms with van der Waals surface area (Å²) in [6.07, 6.45) is 1.27. The Morgan fingerprint density at radius 3 is 2.76 bits per heavy atom. The SMILES string of the molecule is Cc1cc(C(=O)OC[C@@H]2CC(=O)N(CCc3ccccc3)C2)nn1C. The first kappa shape index (κ1) is 17.2. The van der Waals surface area contributed by atoms with Gasteiger partial charge in [-0.25, -0.2) is 4.79 Å². The zero-order chi connectivity index (χ0) is 17.8. The molecule has 0 radical (unpaired) electrons. The number of likely N-dealkylation sites (tertiary alicyclic amines) is 1. The van der Waals surface area contributed by atoms with E-state index in [2.05, 4.69) is 17.2 Å². The lowest BCUT2D eigenvalue weighted by atomic mass is 10.1. The zero-order valence-corrected chi connectivity index (χ0v) is 14.6. The molecule has 6 heteroatoms. The highest BCUT2D eigenvalue weighted by Crippen LogP contribution is 2.19. The molecule has 2 heterocycles. The van der Waals surface area contributed by atoms with Gasteiger partial charge in [0.1, 0.15) is 0 Å². The van der Waals surface area contributed by atoms with Gasteiger partial charge in [0.05, 0.1) is 6.61 Å². The average molecular weight is 341 g/mol. The van der Waals surface area contributed by atoms with Crippen LogP contribution in [-0.4, -0.2) is 46.3 Å². The van der Waals surface area contributed by atoms with Crippen LogP contribution in [-0.2, 0) is 23.0 Å². The van der Waals surface area contributed by atoms with Crippen LogP contribution in [0.1, 0.15) is 28.2 Å². The molecule has 6 nitrogen and oxygen atoms in total. The average Bonchev–Trinajstić information content (AvgIpc) is 3.14. The summed E-state index contributed by atoms with van der Waals surface area (Å²) in [6.45, 7) is 3.47. The van der Waals surface area contributed by atoms with Gasteiger partial charge < -0.3 is 9.64 Å². The van der Waals surface area contributed by atoms with Crippen LogP contribution in [0.3, 0.4) is 0 Å². The fourth-order valence-electron chi connectivity index (χ4n) is 3.02. The first-order valence-corrected chi connectivity index (χ1v) is 8.52. The Morgan fingerprint density at radius 1 is 1.32 bits per heavy atom. The maximum atomic E-state index is 12.1.